The van der Waals surface area contributed by atoms with E-state index < -0.39 is 0 Å². The Balaban J connectivity index is 1.83. The average molecular weight is 245 g/mol. The minimum atomic E-state index is 0.0933. The summed E-state index contributed by atoms with van der Waals surface area (Å²) in [6.07, 6.45) is 2.10. The molecule has 0 radical (unpaired) electrons. The number of carbonyl (C=O) groups excluding carboxylic acids is 1. The van der Waals surface area contributed by atoms with Crippen molar-refractivity contribution in [1.82, 2.24) is 15.5 Å². The topological polar surface area (TPSA) is 44.4 Å². The number of hydrogen-bond donors (Lipinski definition) is 2. The predicted octanol–water partition coefficient (Wildman–Crippen LogP) is 1.50. The fourth-order valence-electron chi connectivity index (χ4n) is 2.97. The van der Waals surface area contributed by atoms with Crippen LogP contribution in [0.3, 0.4) is 0 Å². The smallest absolute Gasteiger partial charge is 0.318 e. The second-order valence-corrected chi connectivity index (χ2v) is 5.00. The van der Waals surface area contributed by atoms with Gasteiger partial charge in [0.2, 0.25) is 0 Å². The average Bonchev–Trinajstić information content (AvgIpc) is 2.83. The number of benzene rings is 1. The van der Waals surface area contributed by atoms with Gasteiger partial charge in [0, 0.05) is 12.6 Å². The van der Waals surface area contributed by atoms with Gasteiger partial charge in [-0.05, 0) is 31.5 Å². The highest BCUT2D eigenvalue weighted by Crippen LogP contribution is 2.29. The number of rotatable bonds is 2. The van der Waals surface area contributed by atoms with Gasteiger partial charge in [-0.2, -0.15) is 0 Å². The Hall–Kier alpha value is -1.55. The molecule has 96 valence electrons. The molecule has 2 saturated heterocycles. The first-order chi connectivity index (χ1) is 8.86. The van der Waals surface area contributed by atoms with E-state index in [1.807, 2.05) is 18.2 Å². The lowest BCUT2D eigenvalue weighted by atomic mass is 10.0. The highest BCUT2D eigenvalue weighted by molar-refractivity contribution is 5.77. The molecule has 4 nitrogen and oxygen atoms in total. The lowest BCUT2D eigenvalue weighted by Crippen LogP contribution is -2.45. The van der Waals surface area contributed by atoms with E-state index in [9.17, 15) is 4.79 Å². The van der Waals surface area contributed by atoms with Gasteiger partial charge in [-0.25, -0.2) is 4.79 Å². The Kier molecular flexibility index (Phi) is 3.19. The molecule has 1 aromatic carbocycles. The Morgan fingerprint density at radius 2 is 1.83 bits per heavy atom. The molecule has 2 N–H and O–H groups in total. The van der Waals surface area contributed by atoms with Gasteiger partial charge in [0.05, 0.1) is 6.04 Å². The summed E-state index contributed by atoms with van der Waals surface area (Å²) in [5.41, 5.74) is 1.23. The Bertz CT molecular complexity index is 414. The van der Waals surface area contributed by atoms with Crippen LogP contribution in [-0.2, 0) is 0 Å². The monoisotopic (exact) mass is 245 g/mol. The molecule has 2 amide bonds. The lowest BCUT2D eigenvalue weighted by molar-refractivity contribution is 0.157. The van der Waals surface area contributed by atoms with Crippen molar-refractivity contribution in [2.45, 2.75) is 24.9 Å². The van der Waals surface area contributed by atoms with Crippen molar-refractivity contribution in [3.05, 3.63) is 35.9 Å². The van der Waals surface area contributed by atoms with E-state index in [4.69, 9.17) is 0 Å². The summed E-state index contributed by atoms with van der Waals surface area (Å²) in [7, 11) is 0. The van der Waals surface area contributed by atoms with E-state index in [-0.39, 0.29) is 12.1 Å². The summed E-state index contributed by atoms with van der Waals surface area (Å²) in [4.78, 5) is 14.1. The molecular formula is C14H19N3O. The van der Waals surface area contributed by atoms with Gasteiger partial charge in [-0.15, -0.1) is 0 Å². The minimum absolute atomic E-state index is 0.0933. The second-order valence-electron chi connectivity index (χ2n) is 5.00. The predicted molar refractivity (Wildman–Crippen MR) is 70.3 cm³/mol. The van der Waals surface area contributed by atoms with Crippen molar-refractivity contribution in [3.63, 3.8) is 0 Å². The van der Waals surface area contributed by atoms with Crippen molar-refractivity contribution in [1.29, 1.82) is 0 Å². The Morgan fingerprint density at radius 3 is 2.56 bits per heavy atom. The molecule has 0 spiro atoms. The van der Waals surface area contributed by atoms with Crippen LogP contribution in [0, 0.1) is 0 Å². The number of nitrogens with zero attached hydrogens (tertiary/aromatic N) is 1. The molecule has 0 saturated carbocycles. The van der Waals surface area contributed by atoms with Crippen LogP contribution in [0.1, 0.15) is 24.4 Å². The van der Waals surface area contributed by atoms with Crippen LogP contribution in [0.25, 0.3) is 0 Å². The van der Waals surface area contributed by atoms with Gasteiger partial charge in [0.25, 0.3) is 0 Å². The zero-order valence-electron chi connectivity index (χ0n) is 10.4. The number of hydrogen-bond acceptors (Lipinski definition) is 2. The molecule has 4 heteroatoms. The van der Waals surface area contributed by atoms with Gasteiger partial charge < -0.3 is 15.5 Å². The summed E-state index contributed by atoms with van der Waals surface area (Å²) >= 11 is 0. The first-order valence-corrected chi connectivity index (χ1v) is 6.68. The van der Waals surface area contributed by atoms with Crippen LogP contribution >= 0.6 is 0 Å². The summed E-state index contributed by atoms with van der Waals surface area (Å²) < 4.78 is 0. The standard InChI is InChI=1S/C14H19N3O/c18-14-16-10-13(11-4-2-1-3-5-11)17(14)12-6-8-15-9-7-12/h1-5,12-13,15H,6-10H2,(H,16,18). The largest absolute Gasteiger partial charge is 0.336 e. The van der Waals surface area contributed by atoms with Crippen LogP contribution in [-0.4, -0.2) is 36.6 Å². The Morgan fingerprint density at radius 1 is 1.11 bits per heavy atom. The van der Waals surface area contributed by atoms with Crippen LogP contribution in [0.2, 0.25) is 0 Å². The normalized spacial score (nSPS) is 25.2. The number of piperidine rings is 1. The quantitative estimate of drug-likeness (QED) is 0.829. The number of amides is 2. The highest BCUT2D eigenvalue weighted by Gasteiger charge is 2.37. The third kappa shape index (κ3) is 2.08. The number of urea groups is 1. The molecule has 3 rings (SSSR count). The van der Waals surface area contributed by atoms with Crippen LogP contribution in [0.4, 0.5) is 4.79 Å². The van der Waals surface area contributed by atoms with Crippen LogP contribution < -0.4 is 10.6 Å². The van der Waals surface area contributed by atoms with Gasteiger partial charge in [0.15, 0.2) is 0 Å². The van der Waals surface area contributed by atoms with Crippen LogP contribution in [0.5, 0.6) is 0 Å². The van der Waals surface area contributed by atoms with Gasteiger partial charge in [-0.1, -0.05) is 30.3 Å². The van der Waals surface area contributed by atoms with Crippen molar-refractivity contribution in [2.24, 2.45) is 0 Å². The van der Waals surface area contributed by atoms with E-state index in [0.717, 1.165) is 32.5 Å². The number of nitrogens with one attached hydrogen (secondary N) is 2. The third-order valence-corrected chi connectivity index (χ3v) is 3.90. The second kappa shape index (κ2) is 4.98. The molecule has 1 aromatic rings. The summed E-state index contributed by atoms with van der Waals surface area (Å²) in [5.74, 6) is 0. The molecule has 0 aliphatic carbocycles. The first-order valence-electron chi connectivity index (χ1n) is 6.68. The van der Waals surface area contributed by atoms with E-state index in [1.165, 1.54) is 5.56 Å². The summed E-state index contributed by atoms with van der Waals surface area (Å²) in [6.45, 7) is 2.75. The maximum absolute atomic E-state index is 12.1. The molecule has 0 bridgehead atoms. The zero-order chi connectivity index (χ0) is 12.4. The fraction of sp³-hybridized carbons (Fsp3) is 0.500. The maximum atomic E-state index is 12.1. The molecule has 2 heterocycles. The zero-order valence-corrected chi connectivity index (χ0v) is 10.4. The summed E-state index contributed by atoms with van der Waals surface area (Å²) in [5, 5.41) is 6.33. The molecule has 2 fully saturated rings. The van der Waals surface area contributed by atoms with E-state index in [2.05, 4.69) is 27.7 Å². The minimum Gasteiger partial charge on any atom is -0.336 e. The van der Waals surface area contributed by atoms with E-state index >= 15 is 0 Å². The van der Waals surface area contributed by atoms with Crippen molar-refractivity contribution < 1.29 is 4.79 Å². The van der Waals surface area contributed by atoms with Crippen molar-refractivity contribution >= 4 is 6.03 Å². The molecule has 1 unspecified atom stereocenters. The summed E-state index contributed by atoms with van der Waals surface area (Å²) in [6, 6.07) is 11.0. The van der Waals surface area contributed by atoms with Crippen molar-refractivity contribution in [2.75, 3.05) is 19.6 Å². The lowest BCUT2D eigenvalue weighted by Gasteiger charge is -2.35. The molecule has 2 aliphatic heterocycles. The Labute approximate surface area is 107 Å². The third-order valence-electron chi connectivity index (χ3n) is 3.90. The molecule has 0 aromatic heterocycles. The van der Waals surface area contributed by atoms with E-state index in [1.54, 1.807) is 0 Å². The molecule has 1 atom stereocenters. The SMILES string of the molecule is O=C1NCC(c2ccccc2)N1C1CCNCC1. The van der Waals surface area contributed by atoms with Gasteiger partial charge >= 0.3 is 6.03 Å². The maximum Gasteiger partial charge on any atom is 0.318 e. The number of carbonyl (C=O) groups is 1. The van der Waals surface area contributed by atoms with Crippen LogP contribution in [0.15, 0.2) is 30.3 Å². The van der Waals surface area contributed by atoms with Gasteiger partial charge in [0.1, 0.15) is 0 Å². The molecular weight excluding hydrogens is 226 g/mol. The fourth-order valence-corrected chi connectivity index (χ4v) is 2.97. The van der Waals surface area contributed by atoms with Crippen molar-refractivity contribution in [3.8, 4) is 0 Å². The first kappa shape index (κ1) is 11.5. The molecule has 2 aliphatic rings. The van der Waals surface area contributed by atoms with Gasteiger partial charge in [-0.3, -0.25) is 0 Å². The molecule has 18 heavy (non-hydrogen) atoms. The highest BCUT2D eigenvalue weighted by atomic mass is 16.2. The van der Waals surface area contributed by atoms with E-state index in [0.29, 0.717) is 6.04 Å².